The fraction of sp³-hybridized carbons (Fsp3) is 0.364. The lowest BCUT2D eigenvalue weighted by Gasteiger charge is -2.07. The molecule has 0 fully saturated rings. The Labute approximate surface area is 172 Å². The number of carbonyl (C=O) groups is 1. The van der Waals surface area contributed by atoms with Crippen molar-refractivity contribution in [2.24, 2.45) is 5.73 Å². The molecule has 0 aliphatic heterocycles. The molecule has 3 aromatic rings. The number of carbonyl (C=O) groups excluding carboxylic acids is 1. The summed E-state index contributed by atoms with van der Waals surface area (Å²) in [6.07, 6.45) is 4.45. The molecule has 2 aromatic carbocycles. The lowest BCUT2D eigenvalue weighted by Crippen LogP contribution is -2.24. The zero-order chi connectivity index (χ0) is 18.9. The molecule has 0 saturated heterocycles. The molecule has 6 heteroatoms. The number of nitrogens with one attached hydrogen (secondary N) is 2. The Hall–Kier alpha value is -2.21. The lowest BCUT2D eigenvalue weighted by atomic mass is 10.1. The van der Waals surface area contributed by atoms with Crippen LogP contribution >= 0.6 is 12.4 Å². The first-order valence-electron chi connectivity index (χ1n) is 9.76. The average molecular weight is 401 g/mol. The molecule has 1 aromatic heterocycles. The minimum Gasteiger partial charge on any atom is -0.352 e. The zero-order valence-electron chi connectivity index (χ0n) is 16.1. The maximum Gasteiger partial charge on any atom is 0.251 e. The summed E-state index contributed by atoms with van der Waals surface area (Å²) in [6, 6.07) is 15.8. The highest BCUT2D eigenvalue weighted by Gasteiger charge is 2.07. The largest absolute Gasteiger partial charge is 0.352 e. The van der Waals surface area contributed by atoms with Crippen molar-refractivity contribution >= 4 is 40.1 Å². The van der Waals surface area contributed by atoms with Gasteiger partial charge in [-0.3, -0.25) is 4.79 Å². The molecule has 0 aliphatic rings. The number of halogens is 1. The molecule has 0 unspecified atom stereocenters. The minimum atomic E-state index is -0.0188. The Morgan fingerprint density at radius 2 is 1.61 bits per heavy atom. The average Bonchev–Trinajstić information content (AvgIpc) is 2.70. The van der Waals surface area contributed by atoms with Crippen LogP contribution in [0.1, 0.15) is 36.0 Å². The molecule has 0 saturated carbocycles. The van der Waals surface area contributed by atoms with Crippen molar-refractivity contribution < 1.29 is 4.79 Å². The topological polar surface area (TPSA) is 80.0 Å². The summed E-state index contributed by atoms with van der Waals surface area (Å²) < 4.78 is 0. The predicted octanol–water partition coefficient (Wildman–Crippen LogP) is 3.65. The monoisotopic (exact) mass is 400 g/mol. The van der Waals surface area contributed by atoms with Gasteiger partial charge in [-0.2, -0.15) is 0 Å². The fourth-order valence-electron chi connectivity index (χ4n) is 3.18. The van der Waals surface area contributed by atoms with Crippen molar-refractivity contribution in [3.05, 3.63) is 54.1 Å². The van der Waals surface area contributed by atoms with Gasteiger partial charge in [0.25, 0.3) is 5.91 Å². The number of amides is 1. The van der Waals surface area contributed by atoms with Gasteiger partial charge in [0.2, 0.25) is 0 Å². The van der Waals surface area contributed by atoms with Crippen molar-refractivity contribution in [2.75, 3.05) is 26.2 Å². The summed E-state index contributed by atoms with van der Waals surface area (Å²) in [6.45, 7) is 3.30. The Bertz CT molecular complexity index is 900. The first-order valence-corrected chi connectivity index (χ1v) is 9.76. The molecule has 0 radical (unpaired) electrons. The number of nitrogens with two attached hydrogens (primary N) is 1. The standard InChI is InChI=1S/C22H28N4O.ClH/c23-11-14-24-12-5-1-2-6-13-25-22(27)18-9-10-21-19(16-18)15-17-7-3-4-8-20(17)26-21;/h3-4,7-10,15-16,24H,1-2,5-6,11-14,23H2,(H,25,27);1H. The first kappa shape index (κ1) is 22.1. The maximum atomic E-state index is 12.4. The predicted molar refractivity (Wildman–Crippen MR) is 119 cm³/mol. The van der Waals surface area contributed by atoms with Crippen LogP contribution in [0.4, 0.5) is 0 Å². The van der Waals surface area contributed by atoms with Crippen LogP contribution < -0.4 is 16.4 Å². The SMILES string of the molecule is Cl.NCCNCCCCCCNC(=O)c1ccc2nc3ccccc3cc2c1. The van der Waals surface area contributed by atoms with E-state index in [4.69, 9.17) is 5.73 Å². The van der Waals surface area contributed by atoms with Crippen LogP contribution in [-0.4, -0.2) is 37.1 Å². The van der Waals surface area contributed by atoms with E-state index in [2.05, 4.69) is 21.7 Å². The second kappa shape index (κ2) is 11.6. The van der Waals surface area contributed by atoms with Crippen molar-refractivity contribution in [3.63, 3.8) is 0 Å². The molecule has 4 N–H and O–H groups in total. The summed E-state index contributed by atoms with van der Waals surface area (Å²) in [5, 5.41) is 8.39. The van der Waals surface area contributed by atoms with Crippen molar-refractivity contribution in [2.45, 2.75) is 25.7 Å². The maximum absolute atomic E-state index is 12.4. The van der Waals surface area contributed by atoms with Gasteiger partial charge in [0, 0.05) is 36.0 Å². The summed E-state index contributed by atoms with van der Waals surface area (Å²) in [5.74, 6) is -0.0188. The number of fused-ring (bicyclic) bond motifs is 2. The van der Waals surface area contributed by atoms with Gasteiger partial charge >= 0.3 is 0 Å². The highest BCUT2D eigenvalue weighted by Crippen LogP contribution is 2.20. The molecular weight excluding hydrogens is 372 g/mol. The molecule has 0 atom stereocenters. The number of para-hydroxylation sites is 1. The lowest BCUT2D eigenvalue weighted by molar-refractivity contribution is 0.0953. The van der Waals surface area contributed by atoms with E-state index in [1.807, 2.05) is 42.5 Å². The second-order valence-corrected chi connectivity index (χ2v) is 6.80. The molecule has 28 heavy (non-hydrogen) atoms. The molecule has 0 spiro atoms. The van der Waals surface area contributed by atoms with E-state index in [9.17, 15) is 4.79 Å². The Morgan fingerprint density at radius 3 is 2.43 bits per heavy atom. The molecule has 3 rings (SSSR count). The normalized spacial score (nSPS) is 10.8. The van der Waals surface area contributed by atoms with E-state index in [1.54, 1.807) is 0 Å². The Kier molecular flexibility index (Phi) is 9.14. The Balaban J connectivity index is 0.00000280. The van der Waals surface area contributed by atoms with E-state index in [1.165, 1.54) is 6.42 Å². The number of nitrogens with zero attached hydrogens (tertiary/aromatic N) is 1. The number of hydrogen-bond donors (Lipinski definition) is 3. The number of hydrogen-bond acceptors (Lipinski definition) is 4. The fourth-order valence-corrected chi connectivity index (χ4v) is 3.18. The molecule has 0 aliphatic carbocycles. The number of unbranched alkanes of at least 4 members (excludes halogenated alkanes) is 3. The molecule has 1 amide bonds. The molecule has 150 valence electrons. The quantitative estimate of drug-likeness (QED) is 0.358. The van der Waals surface area contributed by atoms with Gasteiger partial charge in [0.15, 0.2) is 0 Å². The van der Waals surface area contributed by atoms with Gasteiger partial charge in [-0.25, -0.2) is 4.98 Å². The zero-order valence-corrected chi connectivity index (χ0v) is 16.9. The summed E-state index contributed by atoms with van der Waals surface area (Å²) >= 11 is 0. The van der Waals surface area contributed by atoms with E-state index < -0.39 is 0 Å². The van der Waals surface area contributed by atoms with Gasteiger partial charge < -0.3 is 16.4 Å². The highest BCUT2D eigenvalue weighted by atomic mass is 35.5. The molecule has 0 bridgehead atoms. The van der Waals surface area contributed by atoms with Crippen LogP contribution in [0, 0.1) is 0 Å². The molecule has 5 nitrogen and oxygen atoms in total. The van der Waals surface area contributed by atoms with Crippen LogP contribution in [0.5, 0.6) is 0 Å². The van der Waals surface area contributed by atoms with E-state index in [0.29, 0.717) is 18.7 Å². The van der Waals surface area contributed by atoms with Gasteiger partial charge in [-0.05, 0) is 49.7 Å². The van der Waals surface area contributed by atoms with Gasteiger partial charge in [0.05, 0.1) is 11.0 Å². The Morgan fingerprint density at radius 1 is 0.857 bits per heavy atom. The third-order valence-electron chi connectivity index (χ3n) is 4.67. The van der Waals surface area contributed by atoms with Gasteiger partial charge in [-0.15, -0.1) is 12.4 Å². The third-order valence-corrected chi connectivity index (χ3v) is 4.67. The molecule has 1 heterocycles. The number of aromatic nitrogens is 1. The van der Waals surface area contributed by atoms with E-state index >= 15 is 0 Å². The van der Waals surface area contributed by atoms with Crippen molar-refractivity contribution in [1.82, 2.24) is 15.6 Å². The van der Waals surface area contributed by atoms with Crippen molar-refractivity contribution in [3.8, 4) is 0 Å². The number of benzene rings is 2. The van der Waals surface area contributed by atoms with Crippen LogP contribution in [0.15, 0.2) is 48.5 Å². The summed E-state index contributed by atoms with van der Waals surface area (Å²) in [4.78, 5) is 17.1. The van der Waals surface area contributed by atoms with E-state index in [0.717, 1.165) is 54.2 Å². The first-order chi connectivity index (χ1) is 13.3. The van der Waals surface area contributed by atoms with Crippen LogP contribution in [0.2, 0.25) is 0 Å². The smallest absolute Gasteiger partial charge is 0.251 e. The molecular formula is C22H29ClN4O. The van der Waals surface area contributed by atoms with Gasteiger partial charge in [-0.1, -0.05) is 31.0 Å². The van der Waals surface area contributed by atoms with Crippen LogP contribution in [0.25, 0.3) is 21.8 Å². The van der Waals surface area contributed by atoms with Crippen LogP contribution in [-0.2, 0) is 0 Å². The van der Waals surface area contributed by atoms with Crippen LogP contribution in [0.3, 0.4) is 0 Å². The van der Waals surface area contributed by atoms with E-state index in [-0.39, 0.29) is 18.3 Å². The van der Waals surface area contributed by atoms with Crippen molar-refractivity contribution in [1.29, 1.82) is 0 Å². The minimum absolute atomic E-state index is 0. The van der Waals surface area contributed by atoms with Gasteiger partial charge in [0.1, 0.15) is 0 Å². The summed E-state index contributed by atoms with van der Waals surface area (Å²) in [5.41, 5.74) is 8.00. The third kappa shape index (κ3) is 6.16. The highest BCUT2D eigenvalue weighted by molar-refractivity contribution is 6.00. The number of pyridine rings is 1. The summed E-state index contributed by atoms with van der Waals surface area (Å²) in [7, 11) is 0. The second-order valence-electron chi connectivity index (χ2n) is 6.80. The number of rotatable bonds is 10.